The first-order chi connectivity index (χ1) is 15.1. The van der Waals surface area contributed by atoms with Gasteiger partial charge in [0, 0.05) is 25.5 Å². The Morgan fingerprint density at radius 2 is 1.06 bits per heavy atom. The number of urea groups is 1. The van der Waals surface area contributed by atoms with Gasteiger partial charge in [0.1, 0.15) is 0 Å². The summed E-state index contributed by atoms with van der Waals surface area (Å²) in [5, 5.41) is 22.3. The van der Waals surface area contributed by atoms with Crippen molar-refractivity contribution in [3.63, 3.8) is 0 Å². The second kappa shape index (κ2) is 10.6. The lowest BCUT2D eigenvalue weighted by Gasteiger charge is -2.25. The highest BCUT2D eigenvalue weighted by Gasteiger charge is 2.17. The predicted octanol–water partition coefficient (Wildman–Crippen LogP) is 1.79. The van der Waals surface area contributed by atoms with Crippen molar-refractivity contribution in [2.45, 2.75) is 13.8 Å². The molecule has 0 heterocycles. The SMILES string of the molecule is C/C(=N\NC(=N)N)c1ccc(N(C)C(=O)N(C)c2ccc(/C(C)=N/NC(=N)N)cc2)cc1. The molecule has 0 saturated heterocycles. The number of nitrogens with zero attached hydrogens (tertiary/aromatic N) is 4. The molecule has 2 aromatic carbocycles. The zero-order valence-corrected chi connectivity index (χ0v) is 18.5. The molecule has 0 bridgehead atoms. The monoisotopic (exact) mass is 436 g/mol. The number of hydrogen-bond acceptors (Lipinski definition) is 5. The molecule has 0 spiro atoms. The van der Waals surface area contributed by atoms with Crippen LogP contribution in [0.1, 0.15) is 25.0 Å². The number of amides is 2. The Hall–Kier alpha value is -4.41. The molecular weight excluding hydrogens is 408 g/mol. The molecule has 0 radical (unpaired) electrons. The maximum Gasteiger partial charge on any atom is 0.328 e. The lowest BCUT2D eigenvalue weighted by molar-refractivity contribution is 0.253. The Labute approximate surface area is 186 Å². The van der Waals surface area contributed by atoms with E-state index in [1.54, 1.807) is 37.7 Å². The van der Waals surface area contributed by atoms with Gasteiger partial charge in [0.05, 0.1) is 11.4 Å². The standard InChI is InChI=1S/C21H28N10O/c1-13(26-28-19(22)23)15-5-9-17(10-6-15)30(3)21(32)31(4)18-11-7-16(8-12-18)14(2)27-29-20(24)25/h5-12H,1-4H3,(H4,22,23,28)(H4,24,25,29)/b26-13+,27-14+. The van der Waals surface area contributed by atoms with Crippen molar-refractivity contribution in [2.75, 3.05) is 23.9 Å². The predicted molar refractivity (Wildman–Crippen MR) is 130 cm³/mol. The smallest absolute Gasteiger partial charge is 0.328 e. The van der Waals surface area contributed by atoms with Crippen molar-refractivity contribution in [1.82, 2.24) is 10.9 Å². The Morgan fingerprint density at radius 1 is 0.750 bits per heavy atom. The number of hydrogen-bond donors (Lipinski definition) is 6. The van der Waals surface area contributed by atoms with Crippen molar-refractivity contribution in [3.05, 3.63) is 59.7 Å². The average Bonchev–Trinajstić information content (AvgIpc) is 2.79. The molecule has 0 aromatic heterocycles. The van der Waals surface area contributed by atoms with Crippen LogP contribution in [0.25, 0.3) is 0 Å². The number of carbonyl (C=O) groups is 1. The fraction of sp³-hybridized carbons (Fsp3) is 0.190. The van der Waals surface area contributed by atoms with Crippen LogP contribution in [-0.4, -0.2) is 43.5 Å². The molecule has 0 aliphatic rings. The summed E-state index contributed by atoms with van der Waals surface area (Å²) in [4.78, 5) is 16.0. The molecule has 8 N–H and O–H groups in total. The molecule has 2 rings (SSSR count). The molecule has 168 valence electrons. The summed E-state index contributed by atoms with van der Waals surface area (Å²) in [6.45, 7) is 3.58. The second-order valence-electron chi connectivity index (χ2n) is 6.94. The van der Waals surface area contributed by atoms with Crippen molar-refractivity contribution >= 4 is 40.7 Å². The van der Waals surface area contributed by atoms with E-state index >= 15 is 0 Å². The highest BCUT2D eigenvalue weighted by Crippen LogP contribution is 2.20. The topological polar surface area (TPSA) is 172 Å². The van der Waals surface area contributed by atoms with Gasteiger partial charge in [-0.2, -0.15) is 10.2 Å². The molecule has 2 amide bonds. The van der Waals surface area contributed by atoms with Gasteiger partial charge < -0.3 is 11.5 Å². The lowest BCUT2D eigenvalue weighted by atomic mass is 10.1. The largest absolute Gasteiger partial charge is 0.369 e. The van der Waals surface area contributed by atoms with Crippen molar-refractivity contribution in [3.8, 4) is 0 Å². The second-order valence-corrected chi connectivity index (χ2v) is 6.94. The summed E-state index contributed by atoms with van der Waals surface area (Å²) in [5.74, 6) is -0.477. The van der Waals surface area contributed by atoms with E-state index in [0.717, 1.165) is 11.1 Å². The van der Waals surface area contributed by atoms with Gasteiger partial charge in [-0.25, -0.2) is 15.6 Å². The molecule has 0 unspecified atom stereocenters. The molecule has 11 nitrogen and oxygen atoms in total. The van der Waals surface area contributed by atoms with E-state index in [9.17, 15) is 4.79 Å². The Morgan fingerprint density at radius 3 is 1.34 bits per heavy atom. The van der Waals surface area contributed by atoms with E-state index in [2.05, 4.69) is 21.1 Å². The van der Waals surface area contributed by atoms with Crippen LogP contribution in [-0.2, 0) is 0 Å². The van der Waals surface area contributed by atoms with Gasteiger partial charge in [0.25, 0.3) is 0 Å². The molecule has 0 atom stereocenters. The molecule has 32 heavy (non-hydrogen) atoms. The minimum Gasteiger partial charge on any atom is -0.369 e. The highest BCUT2D eigenvalue weighted by atomic mass is 16.2. The van der Waals surface area contributed by atoms with E-state index in [-0.39, 0.29) is 18.0 Å². The van der Waals surface area contributed by atoms with E-state index in [0.29, 0.717) is 22.8 Å². The van der Waals surface area contributed by atoms with Gasteiger partial charge in [-0.3, -0.25) is 20.6 Å². The number of anilines is 2. The van der Waals surface area contributed by atoms with Gasteiger partial charge in [-0.05, 0) is 49.2 Å². The van der Waals surface area contributed by atoms with Crippen LogP contribution in [0.5, 0.6) is 0 Å². The molecule has 0 fully saturated rings. The summed E-state index contributed by atoms with van der Waals surface area (Å²) in [7, 11) is 3.40. The zero-order chi connectivity index (χ0) is 23.8. The molecule has 2 aromatic rings. The molecule has 0 aliphatic carbocycles. The number of nitrogens with two attached hydrogens (primary N) is 2. The third-order valence-corrected chi connectivity index (χ3v) is 4.61. The number of rotatable bonds is 6. The highest BCUT2D eigenvalue weighted by molar-refractivity contribution is 6.04. The zero-order valence-electron chi connectivity index (χ0n) is 18.5. The number of benzene rings is 2. The quantitative estimate of drug-likeness (QED) is 0.230. The number of nitrogens with one attached hydrogen (secondary N) is 4. The van der Waals surface area contributed by atoms with Crippen LogP contribution in [0.15, 0.2) is 58.7 Å². The first kappa shape index (κ1) is 23.9. The third-order valence-electron chi connectivity index (χ3n) is 4.61. The normalized spacial score (nSPS) is 11.5. The maximum absolute atomic E-state index is 12.9. The van der Waals surface area contributed by atoms with Crippen LogP contribution < -0.4 is 32.1 Å². The van der Waals surface area contributed by atoms with Crippen LogP contribution >= 0.6 is 0 Å². The fourth-order valence-corrected chi connectivity index (χ4v) is 2.72. The molecule has 0 saturated carbocycles. The van der Waals surface area contributed by atoms with Gasteiger partial charge in [0.2, 0.25) is 11.9 Å². The molecule has 0 aliphatic heterocycles. The Bertz CT molecular complexity index is 958. The van der Waals surface area contributed by atoms with Crippen molar-refractivity contribution in [2.24, 2.45) is 21.7 Å². The summed E-state index contributed by atoms with van der Waals surface area (Å²) >= 11 is 0. The average molecular weight is 437 g/mol. The maximum atomic E-state index is 12.9. The lowest BCUT2D eigenvalue weighted by Crippen LogP contribution is -2.38. The van der Waals surface area contributed by atoms with Crippen LogP contribution in [0.2, 0.25) is 0 Å². The Balaban J connectivity index is 2.10. The number of guanidine groups is 2. The van der Waals surface area contributed by atoms with E-state index in [4.69, 9.17) is 22.3 Å². The van der Waals surface area contributed by atoms with Gasteiger partial charge in [-0.1, -0.05) is 24.3 Å². The summed E-state index contributed by atoms with van der Waals surface area (Å²) in [6, 6.07) is 14.4. The Kier molecular flexibility index (Phi) is 7.88. The van der Waals surface area contributed by atoms with E-state index in [1.165, 1.54) is 0 Å². The molecule has 11 heteroatoms. The summed E-state index contributed by atoms with van der Waals surface area (Å²) in [5.41, 5.74) is 19.7. The molecular formula is C21H28N10O. The first-order valence-corrected chi connectivity index (χ1v) is 9.61. The van der Waals surface area contributed by atoms with Crippen molar-refractivity contribution < 1.29 is 4.79 Å². The minimum absolute atomic E-state index is 0.210. The fourth-order valence-electron chi connectivity index (χ4n) is 2.72. The summed E-state index contributed by atoms with van der Waals surface area (Å²) in [6.07, 6.45) is 0. The van der Waals surface area contributed by atoms with Gasteiger partial charge in [0.15, 0.2) is 0 Å². The van der Waals surface area contributed by atoms with E-state index in [1.807, 2.05) is 48.5 Å². The third kappa shape index (κ3) is 6.29. The van der Waals surface area contributed by atoms with Crippen LogP contribution in [0, 0.1) is 10.8 Å². The van der Waals surface area contributed by atoms with Crippen LogP contribution in [0.4, 0.5) is 16.2 Å². The van der Waals surface area contributed by atoms with Gasteiger partial charge >= 0.3 is 6.03 Å². The minimum atomic E-state index is -0.238. The number of carbonyl (C=O) groups excluding carboxylic acids is 1. The van der Waals surface area contributed by atoms with Gasteiger partial charge in [-0.15, -0.1) is 0 Å². The summed E-state index contributed by atoms with van der Waals surface area (Å²) < 4.78 is 0. The number of hydrazone groups is 2. The van der Waals surface area contributed by atoms with Crippen LogP contribution in [0.3, 0.4) is 0 Å². The van der Waals surface area contributed by atoms with E-state index < -0.39 is 0 Å². The van der Waals surface area contributed by atoms with Crippen molar-refractivity contribution in [1.29, 1.82) is 10.8 Å². The first-order valence-electron chi connectivity index (χ1n) is 9.61.